The summed E-state index contributed by atoms with van der Waals surface area (Å²) in [4.78, 5) is 0. The predicted octanol–water partition coefficient (Wildman–Crippen LogP) is 3.21. The van der Waals surface area contributed by atoms with Crippen LogP contribution in [0.25, 0.3) is 0 Å². The second kappa shape index (κ2) is 5.65. The first-order valence-corrected chi connectivity index (χ1v) is 7.80. The van der Waals surface area contributed by atoms with E-state index in [4.69, 9.17) is 0 Å². The molecule has 0 radical (unpaired) electrons. The Kier molecular flexibility index (Phi) is 5.60. The Morgan fingerprint density at radius 1 is 0.941 bits per heavy atom. The average Bonchev–Trinajstić information content (AvgIpc) is 1.97. The highest BCUT2D eigenvalue weighted by atomic mass is 32.2. The molecule has 0 saturated heterocycles. The summed E-state index contributed by atoms with van der Waals surface area (Å²) in [5.41, 5.74) is -0.803. The van der Waals surface area contributed by atoms with Gasteiger partial charge in [0.1, 0.15) is 0 Å². The van der Waals surface area contributed by atoms with Crippen LogP contribution < -0.4 is 0 Å². The monoisotopic (exact) mass is 268 g/mol. The predicted molar refractivity (Wildman–Crippen MR) is 67.8 cm³/mol. The largest absolute Gasteiger partial charge is 0.267 e. The summed E-state index contributed by atoms with van der Waals surface area (Å²) in [7, 11) is -3.78. The Morgan fingerprint density at radius 3 is 1.41 bits per heavy atom. The van der Waals surface area contributed by atoms with E-state index >= 15 is 0 Å². The minimum atomic E-state index is -3.78. The third kappa shape index (κ3) is 3.65. The molecular weight excluding hydrogens is 243 g/mol. The van der Waals surface area contributed by atoms with E-state index in [-0.39, 0.29) is 17.8 Å². The van der Waals surface area contributed by atoms with Crippen molar-refractivity contribution in [2.75, 3.05) is 6.26 Å². The summed E-state index contributed by atoms with van der Waals surface area (Å²) in [6.07, 6.45) is -0.928. The Morgan fingerprint density at radius 2 is 1.24 bits per heavy atom. The maximum Gasteiger partial charge on any atom is 0.267 e. The zero-order chi connectivity index (χ0) is 14.0. The molecule has 0 N–H and O–H groups in total. The number of rotatable bonds is 6. The molecule has 0 aromatic carbocycles. The Labute approximate surface area is 105 Å². The Bertz CT molecular complexity index is 312. The van der Waals surface area contributed by atoms with Gasteiger partial charge in [0.05, 0.1) is 6.26 Å². The molecule has 0 bridgehead atoms. The summed E-state index contributed by atoms with van der Waals surface area (Å²) in [6, 6.07) is 0. The molecule has 0 rings (SSSR count). The highest BCUT2D eigenvalue weighted by molar-refractivity contribution is 7.86. The van der Waals surface area contributed by atoms with Gasteiger partial charge in [0.15, 0.2) is 0 Å². The third-order valence-electron chi connectivity index (χ3n) is 3.65. The first kappa shape index (κ1) is 16.8. The number of alkyl halides is 1. The van der Waals surface area contributed by atoms with Gasteiger partial charge in [-0.3, -0.25) is 0 Å². The summed E-state index contributed by atoms with van der Waals surface area (Å²) in [5.74, 6) is -0.0438. The van der Waals surface area contributed by atoms with Crippen LogP contribution >= 0.6 is 0 Å². The zero-order valence-corrected chi connectivity index (χ0v) is 12.6. The maximum atomic E-state index is 14.4. The molecule has 3 nitrogen and oxygen atoms in total. The van der Waals surface area contributed by atoms with Crippen molar-refractivity contribution in [3.63, 3.8) is 0 Å². The van der Waals surface area contributed by atoms with Crippen molar-refractivity contribution < 1.29 is 17.0 Å². The first-order valence-electron chi connectivity index (χ1n) is 5.98. The van der Waals surface area contributed by atoms with Crippen molar-refractivity contribution in [3.05, 3.63) is 0 Å². The fourth-order valence-electron chi connectivity index (χ4n) is 3.02. The van der Waals surface area contributed by atoms with Crippen LogP contribution in [0.5, 0.6) is 0 Å². The van der Waals surface area contributed by atoms with Crippen LogP contribution in [0.15, 0.2) is 0 Å². The van der Waals surface area contributed by atoms with Crippen LogP contribution in [-0.2, 0) is 14.3 Å². The van der Waals surface area contributed by atoms with Crippen molar-refractivity contribution in [1.82, 2.24) is 0 Å². The maximum absolute atomic E-state index is 14.4. The van der Waals surface area contributed by atoms with Crippen molar-refractivity contribution in [3.8, 4) is 0 Å². The summed E-state index contributed by atoms with van der Waals surface area (Å²) < 4.78 is 41.1. The molecule has 0 heterocycles. The first-order chi connectivity index (χ1) is 7.46. The Hall–Kier alpha value is -0.160. The summed E-state index contributed by atoms with van der Waals surface area (Å²) in [5, 5.41) is 0. The van der Waals surface area contributed by atoms with E-state index in [2.05, 4.69) is 4.18 Å². The van der Waals surface area contributed by atoms with Gasteiger partial charge in [-0.15, -0.1) is 0 Å². The van der Waals surface area contributed by atoms with Crippen molar-refractivity contribution in [1.29, 1.82) is 0 Å². The summed E-state index contributed by atoms with van der Waals surface area (Å²) >= 11 is 0. The molecule has 0 aliphatic heterocycles. The minimum Gasteiger partial charge on any atom is -0.233 e. The fourth-order valence-corrected chi connectivity index (χ4v) is 3.50. The van der Waals surface area contributed by atoms with E-state index in [1.165, 1.54) is 0 Å². The van der Waals surface area contributed by atoms with Gasteiger partial charge in [-0.05, 0) is 17.8 Å². The fraction of sp³-hybridized carbons (Fsp3) is 1.00. The molecule has 0 aliphatic carbocycles. The highest BCUT2D eigenvalue weighted by Gasteiger charge is 2.49. The van der Waals surface area contributed by atoms with Gasteiger partial charge in [-0.25, -0.2) is 8.57 Å². The molecule has 17 heavy (non-hydrogen) atoms. The zero-order valence-electron chi connectivity index (χ0n) is 11.8. The normalized spacial score (nSPS) is 15.9. The van der Waals surface area contributed by atoms with E-state index in [0.717, 1.165) is 6.26 Å². The van der Waals surface area contributed by atoms with Crippen molar-refractivity contribution >= 4 is 10.1 Å². The standard InChI is InChI=1S/C12H25FO3S/c1-8(2)12(9(3)4,10(5)6)11(13)16-17(7,14)15/h8-11H,1-7H3. The molecule has 104 valence electrons. The molecule has 0 aromatic heterocycles. The van der Waals surface area contributed by atoms with Gasteiger partial charge in [-0.1, -0.05) is 41.5 Å². The van der Waals surface area contributed by atoms with Crippen molar-refractivity contribution in [2.24, 2.45) is 23.2 Å². The van der Waals surface area contributed by atoms with E-state index in [9.17, 15) is 12.8 Å². The molecular formula is C12H25FO3S. The number of halogens is 1. The lowest BCUT2D eigenvalue weighted by atomic mass is 9.62. The Balaban J connectivity index is 5.45. The van der Waals surface area contributed by atoms with Crippen LogP contribution in [0.3, 0.4) is 0 Å². The third-order valence-corrected chi connectivity index (χ3v) is 4.17. The molecule has 0 saturated carbocycles. The number of hydrogen-bond donors (Lipinski definition) is 0. The quantitative estimate of drug-likeness (QED) is 0.695. The van der Waals surface area contributed by atoms with Gasteiger partial charge in [0.2, 0.25) is 6.36 Å². The lowest BCUT2D eigenvalue weighted by Crippen LogP contribution is -2.48. The van der Waals surface area contributed by atoms with Crippen molar-refractivity contribution in [2.45, 2.75) is 47.9 Å². The smallest absolute Gasteiger partial charge is 0.233 e. The van der Waals surface area contributed by atoms with Gasteiger partial charge < -0.3 is 0 Å². The van der Waals surface area contributed by atoms with Crippen LogP contribution in [0, 0.1) is 23.2 Å². The molecule has 0 fully saturated rings. The second-order valence-electron chi connectivity index (χ2n) is 5.58. The van der Waals surface area contributed by atoms with Gasteiger partial charge in [0, 0.05) is 5.41 Å². The molecule has 5 heteroatoms. The van der Waals surface area contributed by atoms with Crippen LogP contribution in [0.4, 0.5) is 4.39 Å². The SMILES string of the molecule is CC(C)C(C(C)C)(C(C)C)C(F)OS(C)(=O)=O. The van der Waals surface area contributed by atoms with Crippen LogP contribution in [-0.4, -0.2) is 21.0 Å². The highest BCUT2D eigenvalue weighted by Crippen LogP contribution is 2.47. The second-order valence-corrected chi connectivity index (χ2v) is 7.18. The minimum absolute atomic E-state index is 0.0146. The lowest BCUT2D eigenvalue weighted by Gasteiger charge is -2.46. The van der Waals surface area contributed by atoms with E-state index in [1.54, 1.807) is 0 Å². The van der Waals surface area contributed by atoms with Crippen LogP contribution in [0.2, 0.25) is 0 Å². The molecule has 0 spiro atoms. The van der Waals surface area contributed by atoms with E-state index in [1.807, 2.05) is 41.5 Å². The lowest BCUT2D eigenvalue weighted by molar-refractivity contribution is -0.130. The van der Waals surface area contributed by atoms with Gasteiger partial charge in [-0.2, -0.15) is 8.42 Å². The van der Waals surface area contributed by atoms with Gasteiger partial charge in [0.25, 0.3) is 10.1 Å². The average molecular weight is 268 g/mol. The molecule has 0 aliphatic rings. The summed E-state index contributed by atoms with van der Waals surface area (Å²) in [6.45, 7) is 11.4. The number of hydrogen-bond acceptors (Lipinski definition) is 3. The molecule has 1 atom stereocenters. The topological polar surface area (TPSA) is 43.4 Å². The van der Waals surface area contributed by atoms with E-state index < -0.39 is 21.9 Å². The van der Waals surface area contributed by atoms with E-state index in [0.29, 0.717) is 0 Å². The van der Waals surface area contributed by atoms with Crippen LogP contribution in [0.1, 0.15) is 41.5 Å². The molecule has 0 amide bonds. The van der Waals surface area contributed by atoms with Gasteiger partial charge >= 0.3 is 0 Å². The molecule has 1 unspecified atom stereocenters. The molecule has 0 aromatic rings.